The molecule has 0 aliphatic heterocycles. The Morgan fingerprint density at radius 1 is 0.650 bits per heavy atom. The fourth-order valence-corrected chi connectivity index (χ4v) is 4.95. The molecule has 0 radical (unpaired) electrons. The summed E-state index contributed by atoms with van der Waals surface area (Å²) in [5, 5.41) is 11.7. The molecule has 0 unspecified atom stereocenters. The molecule has 0 saturated heterocycles. The highest BCUT2D eigenvalue weighted by Gasteiger charge is 2.05. The first-order chi connectivity index (χ1) is 19.6. The minimum Gasteiger partial charge on any atom is -0.494 e. The fourth-order valence-electron chi connectivity index (χ4n) is 4.95. The molecule has 0 saturated carbocycles. The van der Waals surface area contributed by atoms with Crippen molar-refractivity contribution in [2.75, 3.05) is 11.9 Å². The van der Waals surface area contributed by atoms with Gasteiger partial charge in [-0.15, -0.1) is 0 Å². The predicted molar refractivity (Wildman–Crippen MR) is 166 cm³/mol. The molecule has 2 N–H and O–H groups in total. The summed E-state index contributed by atoms with van der Waals surface area (Å²) in [5.41, 5.74) is 2.49. The van der Waals surface area contributed by atoms with E-state index in [-0.39, 0.29) is 12.3 Å². The monoisotopic (exact) mass is 551 g/mol. The molecule has 1 amide bonds. The molecule has 0 aromatic heterocycles. The normalized spacial score (nSPS) is 10.9. The molecule has 2 aromatic carbocycles. The molecule has 2 aromatic rings. The Balaban J connectivity index is 1.42. The maximum atomic E-state index is 12.3. The van der Waals surface area contributed by atoms with Crippen molar-refractivity contribution in [1.82, 2.24) is 0 Å². The summed E-state index contributed by atoms with van der Waals surface area (Å²) in [6.07, 6.45) is 22.9. The Hall–Kier alpha value is -2.82. The van der Waals surface area contributed by atoms with E-state index in [0.717, 1.165) is 24.3 Å². The van der Waals surface area contributed by atoms with E-state index in [1.54, 1.807) is 24.3 Å². The van der Waals surface area contributed by atoms with Crippen LogP contribution in [0.2, 0.25) is 0 Å². The van der Waals surface area contributed by atoms with Crippen LogP contribution < -0.4 is 10.1 Å². The minimum atomic E-state index is -0.867. The molecule has 5 nitrogen and oxygen atoms in total. The van der Waals surface area contributed by atoms with Crippen LogP contribution in [-0.2, 0) is 22.4 Å². The molecule has 5 heteroatoms. The van der Waals surface area contributed by atoms with Crippen molar-refractivity contribution in [3.63, 3.8) is 0 Å². The number of amides is 1. The zero-order chi connectivity index (χ0) is 28.7. The van der Waals surface area contributed by atoms with Gasteiger partial charge in [0.05, 0.1) is 13.0 Å². The average Bonchev–Trinajstić information content (AvgIpc) is 2.95. The Morgan fingerprint density at radius 2 is 1.12 bits per heavy atom. The van der Waals surface area contributed by atoms with Crippen LogP contribution in [0.25, 0.3) is 0 Å². The Morgan fingerprint density at radius 3 is 1.62 bits per heavy atom. The molecule has 2 rings (SSSR count). The number of hydrogen-bond acceptors (Lipinski definition) is 3. The lowest BCUT2D eigenvalue weighted by Gasteiger charge is -2.08. The second-order valence-corrected chi connectivity index (χ2v) is 11.1. The first-order valence-corrected chi connectivity index (χ1v) is 15.9. The number of carboxylic acids is 1. The topological polar surface area (TPSA) is 75.6 Å². The van der Waals surface area contributed by atoms with Gasteiger partial charge in [-0.1, -0.05) is 128 Å². The highest BCUT2D eigenvalue weighted by molar-refractivity contribution is 5.90. The largest absolute Gasteiger partial charge is 0.494 e. The number of aryl methyl sites for hydroxylation is 1. The number of rotatable bonds is 24. The summed E-state index contributed by atoms with van der Waals surface area (Å²) in [5.74, 6) is -0.0427. The third-order valence-electron chi connectivity index (χ3n) is 7.42. The number of aliphatic carboxylic acids is 1. The summed E-state index contributed by atoms with van der Waals surface area (Å²) in [6.45, 7) is 3.04. The van der Waals surface area contributed by atoms with Crippen LogP contribution in [0.5, 0.6) is 5.75 Å². The number of carboxylic acid groups (broad SMARTS) is 1. The molecular formula is C35H53NO4. The standard InChI is InChI=1S/C35H53NO4/c1-2-3-4-5-6-7-8-9-10-11-12-13-14-15-16-17-28-40-33-25-20-30(21-26-33)22-27-34(37)36-32-23-18-31(19-24-32)29-35(38)39/h18-21,23-26H,2-17,22,27-29H2,1H3,(H,36,37)(H,38,39). The van der Waals surface area contributed by atoms with Gasteiger partial charge in [-0.25, -0.2) is 0 Å². The second kappa shape index (κ2) is 21.9. The minimum absolute atomic E-state index is 0.0204. The quantitative estimate of drug-likeness (QED) is 0.127. The Labute approximate surface area is 243 Å². The van der Waals surface area contributed by atoms with Crippen LogP contribution in [-0.4, -0.2) is 23.6 Å². The summed E-state index contributed by atoms with van der Waals surface area (Å²) in [6, 6.07) is 14.9. The summed E-state index contributed by atoms with van der Waals surface area (Å²) >= 11 is 0. The highest BCUT2D eigenvalue weighted by atomic mass is 16.5. The van der Waals surface area contributed by atoms with Gasteiger partial charge >= 0.3 is 5.97 Å². The number of unbranched alkanes of at least 4 members (excludes halogenated alkanes) is 15. The molecule has 0 aliphatic carbocycles. The Bertz CT molecular complexity index is 923. The van der Waals surface area contributed by atoms with Crippen molar-refractivity contribution in [1.29, 1.82) is 0 Å². The van der Waals surface area contributed by atoms with Crippen LogP contribution in [0, 0.1) is 0 Å². The first-order valence-electron chi connectivity index (χ1n) is 15.9. The van der Waals surface area contributed by atoms with Crippen molar-refractivity contribution in [2.24, 2.45) is 0 Å². The summed E-state index contributed by atoms with van der Waals surface area (Å²) in [4.78, 5) is 23.0. The van der Waals surface area contributed by atoms with Crippen LogP contribution in [0.1, 0.15) is 127 Å². The molecule has 0 bridgehead atoms. The number of nitrogens with one attached hydrogen (secondary N) is 1. The SMILES string of the molecule is CCCCCCCCCCCCCCCCCCOc1ccc(CCC(=O)Nc2ccc(CC(=O)O)cc2)cc1. The zero-order valence-electron chi connectivity index (χ0n) is 24.9. The second-order valence-electron chi connectivity index (χ2n) is 11.1. The van der Waals surface area contributed by atoms with Crippen molar-refractivity contribution >= 4 is 17.6 Å². The van der Waals surface area contributed by atoms with Crippen molar-refractivity contribution in [2.45, 2.75) is 129 Å². The molecule has 222 valence electrons. The average molecular weight is 552 g/mol. The van der Waals surface area contributed by atoms with Crippen molar-refractivity contribution in [3.05, 3.63) is 59.7 Å². The van der Waals surface area contributed by atoms with Gasteiger partial charge < -0.3 is 15.2 Å². The zero-order valence-corrected chi connectivity index (χ0v) is 24.9. The number of ether oxygens (including phenoxy) is 1. The molecule has 0 spiro atoms. The van der Waals surface area contributed by atoms with Gasteiger partial charge in [0.25, 0.3) is 0 Å². The van der Waals surface area contributed by atoms with Crippen LogP contribution in [0.15, 0.2) is 48.5 Å². The smallest absolute Gasteiger partial charge is 0.307 e. The Kier molecular flexibility index (Phi) is 18.3. The molecular weight excluding hydrogens is 498 g/mol. The molecule has 0 aliphatic rings. The molecule has 40 heavy (non-hydrogen) atoms. The maximum Gasteiger partial charge on any atom is 0.307 e. The lowest BCUT2D eigenvalue weighted by Crippen LogP contribution is -2.12. The van der Waals surface area contributed by atoms with Gasteiger partial charge in [0.2, 0.25) is 5.91 Å². The van der Waals surface area contributed by atoms with E-state index in [1.807, 2.05) is 24.3 Å². The van der Waals surface area contributed by atoms with Gasteiger partial charge in [-0.2, -0.15) is 0 Å². The van der Waals surface area contributed by atoms with Gasteiger partial charge in [0.1, 0.15) is 5.75 Å². The number of hydrogen-bond donors (Lipinski definition) is 2. The number of carbonyl (C=O) groups is 2. The third-order valence-corrected chi connectivity index (χ3v) is 7.42. The number of carbonyl (C=O) groups excluding carboxylic acids is 1. The maximum absolute atomic E-state index is 12.3. The lowest BCUT2D eigenvalue weighted by atomic mass is 10.0. The van der Waals surface area contributed by atoms with E-state index in [2.05, 4.69) is 12.2 Å². The van der Waals surface area contributed by atoms with Crippen LogP contribution >= 0.6 is 0 Å². The molecule has 0 heterocycles. The third kappa shape index (κ3) is 17.0. The van der Waals surface area contributed by atoms with E-state index < -0.39 is 5.97 Å². The summed E-state index contributed by atoms with van der Waals surface area (Å²) < 4.78 is 5.90. The predicted octanol–water partition coefficient (Wildman–Crippen LogP) is 9.53. The van der Waals surface area contributed by atoms with E-state index in [1.165, 1.54) is 96.3 Å². The van der Waals surface area contributed by atoms with Crippen molar-refractivity contribution in [3.8, 4) is 5.75 Å². The van der Waals surface area contributed by atoms with E-state index in [0.29, 0.717) is 24.1 Å². The van der Waals surface area contributed by atoms with Gasteiger partial charge in [0.15, 0.2) is 0 Å². The van der Waals surface area contributed by atoms with Crippen LogP contribution in [0.3, 0.4) is 0 Å². The molecule has 0 atom stereocenters. The number of benzene rings is 2. The van der Waals surface area contributed by atoms with Gasteiger partial charge in [-0.3, -0.25) is 9.59 Å². The molecule has 0 fully saturated rings. The van der Waals surface area contributed by atoms with Gasteiger partial charge in [0, 0.05) is 12.1 Å². The van der Waals surface area contributed by atoms with Crippen molar-refractivity contribution < 1.29 is 19.4 Å². The first kappa shape index (κ1) is 33.4. The van der Waals surface area contributed by atoms with E-state index in [9.17, 15) is 9.59 Å². The lowest BCUT2D eigenvalue weighted by molar-refractivity contribution is -0.136. The summed E-state index contributed by atoms with van der Waals surface area (Å²) in [7, 11) is 0. The van der Waals surface area contributed by atoms with E-state index in [4.69, 9.17) is 9.84 Å². The number of anilines is 1. The van der Waals surface area contributed by atoms with E-state index >= 15 is 0 Å². The highest BCUT2D eigenvalue weighted by Crippen LogP contribution is 2.17. The van der Waals surface area contributed by atoms with Crippen LogP contribution in [0.4, 0.5) is 5.69 Å². The fraction of sp³-hybridized carbons (Fsp3) is 0.600. The van der Waals surface area contributed by atoms with Gasteiger partial charge in [-0.05, 0) is 48.2 Å².